The van der Waals surface area contributed by atoms with Crippen molar-refractivity contribution in [1.29, 1.82) is 0 Å². The minimum Gasteiger partial charge on any atom is -0.496 e. The molecule has 36 heavy (non-hydrogen) atoms. The Morgan fingerprint density at radius 2 is 1.72 bits per heavy atom. The first-order valence-corrected chi connectivity index (χ1v) is 12.6. The van der Waals surface area contributed by atoms with Crippen molar-refractivity contribution in [3.63, 3.8) is 0 Å². The van der Waals surface area contributed by atoms with Crippen molar-refractivity contribution in [2.45, 2.75) is 66.0 Å². The van der Waals surface area contributed by atoms with E-state index in [1.165, 1.54) is 6.07 Å². The Morgan fingerprint density at radius 1 is 1.03 bits per heavy atom. The molecule has 2 amide bonds. The molecule has 0 radical (unpaired) electrons. The van der Waals surface area contributed by atoms with E-state index < -0.39 is 24.0 Å². The third-order valence-electron chi connectivity index (χ3n) is 5.53. The molecule has 0 bridgehead atoms. The number of hydrazone groups is 1. The van der Waals surface area contributed by atoms with Crippen LogP contribution in [0.2, 0.25) is 10.0 Å². The second-order valence-electron chi connectivity index (χ2n) is 9.37. The number of hydrogen-bond donors (Lipinski definition) is 2. The molecule has 0 fully saturated rings. The van der Waals surface area contributed by atoms with Crippen molar-refractivity contribution in [3.8, 4) is 11.5 Å². The average Bonchev–Trinajstić information content (AvgIpc) is 2.80. The highest BCUT2D eigenvalue weighted by atomic mass is 35.5. The molecular formula is C27H35Cl2N3O4. The third-order valence-corrected chi connectivity index (χ3v) is 6.06. The molecule has 0 aliphatic rings. The molecule has 2 N–H and O–H groups in total. The van der Waals surface area contributed by atoms with E-state index in [0.717, 1.165) is 22.4 Å². The summed E-state index contributed by atoms with van der Waals surface area (Å²) in [4.78, 5) is 25.7. The molecule has 0 saturated heterocycles. The van der Waals surface area contributed by atoms with Gasteiger partial charge in [0.25, 0.3) is 11.8 Å². The Morgan fingerprint density at radius 3 is 2.31 bits per heavy atom. The number of carbonyl (C=O) groups is 2. The Balaban J connectivity index is 2.09. The van der Waals surface area contributed by atoms with Gasteiger partial charge in [0, 0.05) is 5.02 Å². The van der Waals surface area contributed by atoms with Gasteiger partial charge < -0.3 is 14.8 Å². The number of halogens is 2. The van der Waals surface area contributed by atoms with Crippen LogP contribution in [0.4, 0.5) is 0 Å². The van der Waals surface area contributed by atoms with Gasteiger partial charge in [0.05, 0.1) is 18.3 Å². The first-order valence-electron chi connectivity index (χ1n) is 11.9. The van der Waals surface area contributed by atoms with E-state index in [-0.39, 0.29) is 11.8 Å². The number of carbonyl (C=O) groups excluding carboxylic acids is 2. The highest BCUT2D eigenvalue weighted by molar-refractivity contribution is 6.35. The van der Waals surface area contributed by atoms with E-state index in [2.05, 4.69) is 29.7 Å². The number of aryl methyl sites for hydroxylation is 1. The molecule has 0 aromatic heterocycles. The smallest absolute Gasteiger partial charge is 0.262 e. The van der Waals surface area contributed by atoms with E-state index in [9.17, 15) is 9.59 Å². The molecule has 0 heterocycles. The summed E-state index contributed by atoms with van der Waals surface area (Å²) in [5.74, 6) is 0.705. The van der Waals surface area contributed by atoms with E-state index >= 15 is 0 Å². The normalized spacial score (nSPS) is 13.1. The number of benzene rings is 2. The number of hydrogen-bond acceptors (Lipinski definition) is 5. The maximum Gasteiger partial charge on any atom is 0.262 e. The molecule has 196 valence electrons. The maximum absolute atomic E-state index is 12.9. The SMILES string of the molecule is COc1cc(C)c(/C=N\NC(=O)[C@@H](CC(C)C)NC(=O)[C@@H](C)Oc2ccc(Cl)cc2Cl)cc1C(C)C. The summed E-state index contributed by atoms with van der Waals surface area (Å²) in [6.07, 6.45) is 1.15. The molecule has 9 heteroatoms. The largest absolute Gasteiger partial charge is 0.496 e. The summed E-state index contributed by atoms with van der Waals surface area (Å²) < 4.78 is 11.2. The molecule has 0 saturated carbocycles. The van der Waals surface area contributed by atoms with Crippen LogP contribution in [0.1, 0.15) is 63.6 Å². The lowest BCUT2D eigenvalue weighted by atomic mass is 9.97. The Hall–Kier alpha value is -2.77. The van der Waals surface area contributed by atoms with Crippen LogP contribution in [-0.4, -0.2) is 37.3 Å². The lowest BCUT2D eigenvalue weighted by Crippen LogP contribution is -2.49. The van der Waals surface area contributed by atoms with Crippen molar-refractivity contribution >= 4 is 41.2 Å². The first kappa shape index (κ1) is 29.5. The quantitative estimate of drug-likeness (QED) is 0.277. The summed E-state index contributed by atoms with van der Waals surface area (Å²) in [5.41, 5.74) is 5.44. The fraction of sp³-hybridized carbons (Fsp3) is 0.444. The van der Waals surface area contributed by atoms with Crippen LogP contribution in [0.3, 0.4) is 0 Å². The molecule has 2 aromatic rings. The van der Waals surface area contributed by atoms with Gasteiger partial charge in [-0.1, -0.05) is 50.9 Å². The molecule has 7 nitrogen and oxygen atoms in total. The van der Waals surface area contributed by atoms with Crippen LogP contribution < -0.4 is 20.2 Å². The predicted molar refractivity (Wildman–Crippen MR) is 145 cm³/mol. The first-order chi connectivity index (χ1) is 16.9. The lowest BCUT2D eigenvalue weighted by molar-refractivity contribution is -0.132. The van der Waals surface area contributed by atoms with Crippen LogP contribution in [0.15, 0.2) is 35.4 Å². The van der Waals surface area contributed by atoms with Gasteiger partial charge in [-0.3, -0.25) is 9.59 Å². The van der Waals surface area contributed by atoms with Gasteiger partial charge in [-0.2, -0.15) is 5.10 Å². The van der Waals surface area contributed by atoms with Crippen molar-refractivity contribution in [2.75, 3.05) is 7.11 Å². The van der Waals surface area contributed by atoms with Crippen molar-refractivity contribution in [1.82, 2.24) is 10.7 Å². The van der Waals surface area contributed by atoms with Crippen LogP contribution in [-0.2, 0) is 9.59 Å². The lowest BCUT2D eigenvalue weighted by Gasteiger charge is -2.22. The van der Waals surface area contributed by atoms with Gasteiger partial charge in [0.1, 0.15) is 17.5 Å². The molecule has 2 aromatic carbocycles. The highest BCUT2D eigenvalue weighted by Gasteiger charge is 2.25. The minimum atomic E-state index is -0.883. The molecule has 0 aliphatic carbocycles. The molecule has 2 rings (SSSR count). The van der Waals surface area contributed by atoms with Crippen molar-refractivity contribution < 1.29 is 19.1 Å². The zero-order valence-corrected chi connectivity index (χ0v) is 23.3. The number of nitrogens with one attached hydrogen (secondary N) is 2. The topological polar surface area (TPSA) is 89.0 Å². The molecule has 0 aliphatic heterocycles. The molecule has 2 atom stereocenters. The molecule has 0 unspecified atom stereocenters. The average molecular weight is 537 g/mol. The number of rotatable bonds is 11. The van der Waals surface area contributed by atoms with E-state index in [1.54, 1.807) is 32.4 Å². The fourth-order valence-electron chi connectivity index (χ4n) is 3.53. The van der Waals surface area contributed by atoms with Gasteiger partial charge in [-0.05, 0) is 79.1 Å². The van der Waals surface area contributed by atoms with Crippen LogP contribution in [0.5, 0.6) is 11.5 Å². The summed E-state index contributed by atoms with van der Waals surface area (Å²) in [6.45, 7) is 11.6. The van der Waals surface area contributed by atoms with Crippen LogP contribution in [0.25, 0.3) is 0 Å². The summed E-state index contributed by atoms with van der Waals surface area (Å²) >= 11 is 12.0. The number of amides is 2. The summed E-state index contributed by atoms with van der Waals surface area (Å²) in [6, 6.07) is 7.91. The fourth-order valence-corrected chi connectivity index (χ4v) is 3.99. The third kappa shape index (κ3) is 8.42. The zero-order chi connectivity index (χ0) is 27.0. The molecule has 0 spiro atoms. The minimum absolute atomic E-state index is 0.157. The Bertz CT molecular complexity index is 1100. The highest BCUT2D eigenvalue weighted by Crippen LogP contribution is 2.29. The zero-order valence-electron chi connectivity index (χ0n) is 21.8. The summed E-state index contributed by atoms with van der Waals surface area (Å²) in [5, 5.41) is 7.67. The second kappa shape index (κ2) is 13.5. The van der Waals surface area contributed by atoms with Gasteiger partial charge in [-0.25, -0.2) is 5.43 Å². The maximum atomic E-state index is 12.9. The Kier molecular flexibility index (Phi) is 11.1. The van der Waals surface area contributed by atoms with Gasteiger partial charge in [0.15, 0.2) is 6.10 Å². The Labute approximate surface area is 223 Å². The van der Waals surface area contributed by atoms with Crippen LogP contribution in [0, 0.1) is 12.8 Å². The van der Waals surface area contributed by atoms with Gasteiger partial charge in [0.2, 0.25) is 0 Å². The van der Waals surface area contributed by atoms with E-state index in [0.29, 0.717) is 22.2 Å². The number of ether oxygens (including phenoxy) is 2. The molecular weight excluding hydrogens is 501 g/mol. The standard InChI is InChI=1S/C27H35Cl2N3O4/c1-15(2)10-23(31-26(33)18(6)36-24-9-8-20(28)13-22(24)29)27(34)32-30-14-19-12-21(16(3)4)25(35-7)11-17(19)5/h8-9,11-16,18,23H,10H2,1-7H3,(H,31,33)(H,32,34)/b30-14-/t18-,23-/m1/s1. The van der Waals surface area contributed by atoms with Gasteiger partial charge in [-0.15, -0.1) is 0 Å². The predicted octanol–water partition coefficient (Wildman–Crippen LogP) is 5.88. The van der Waals surface area contributed by atoms with Crippen molar-refractivity contribution in [3.05, 3.63) is 57.1 Å². The van der Waals surface area contributed by atoms with Crippen molar-refractivity contribution in [2.24, 2.45) is 11.0 Å². The van der Waals surface area contributed by atoms with Crippen LogP contribution >= 0.6 is 23.2 Å². The number of nitrogens with zero attached hydrogens (tertiary/aromatic N) is 1. The van der Waals surface area contributed by atoms with E-state index in [4.69, 9.17) is 32.7 Å². The second-order valence-corrected chi connectivity index (χ2v) is 10.2. The van der Waals surface area contributed by atoms with E-state index in [1.807, 2.05) is 32.9 Å². The summed E-state index contributed by atoms with van der Waals surface area (Å²) in [7, 11) is 1.65. The van der Waals surface area contributed by atoms with Gasteiger partial charge >= 0.3 is 0 Å². The number of methoxy groups -OCH3 is 1. The monoisotopic (exact) mass is 535 g/mol.